The van der Waals surface area contributed by atoms with Crippen molar-refractivity contribution in [3.8, 4) is 0 Å². The largest absolute Gasteiger partial charge is 0.388 e. The maximum atomic E-state index is 12.0. The fraction of sp³-hybridized carbons (Fsp3) is 0.278. The molecule has 3 N–H and O–H groups in total. The first-order valence-corrected chi connectivity index (χ1v) is 9.25. The van der Waals surface area contributed by atoms with Crippen molar-refractivity contribution in [1.82, 2.24) is 5.32 Å². The Bertz CT molecular complexity index is 689. The van der Waals surface area contributed by atoms with Gasteiger partial charge in [-0.15, -0.1) is 0 Å². The van der Waals surface area contributed by atoms with E-state index < -0.39 is 16.9 Å². The van der Waals surface area contributed by atoms with Crippen LogP contribution in [0, 0.1) is 0 Å². The summed E-state index contributed by atoms with van der Waals surface area (Å²) in [6.45, 7) is 1.84. The molecule has 0 saturated carbocycles. The molecule has 0 spiro atoms. The molecule has 0 aliphatic heterocycles. The molecule has 0 aliphatic carbocycles. The van der Waals surface area contributed by atoms with Crippen LogP contribution in [0.4, 0.5) is 10.5 Å². The van der Waals surface area contributed by atoms with E-state index in [0.29, 0.717) is 17.0 Å². The molecule has 2 aromatic rings. The van der Waals surface area contributed by atoms with Gasteiger partial charge in [0.15, 0.2) is 0 Å². The number of benzene rings is 2. The van der Waals surface area contributed by atoms with E-state index in [9.17, 15) is 14.1 Å². The fourth-order valence-electron chi connectivity index (χ4n) is 2.33. The van der Waals surface area contributed by atoms with Crippen molar-refractivity contribution in [3.63, 3.8) is 0 Å². The SMILES string of the molecule is C[C@H](C[C@H](O)c1ccccc1)NC(=O)Nc1ccc([S@](C)=O)cc1. The lowest BCUT2D eigenvalue weighted by atomic mass is 10.0. The molecule has 0 saturated heterocycles. The van der Waals surface area contributed by atoms with Gasteiger partial charge in [0.2, 0.25) is 0 Å². The molecule has 3 atom stereocenters. The van der Waals surface area contributed by atoms with E-state index in [2.05, 4.69) is 10.6 Å². The minimum absolute atomic E-state index is 0.192. The second kappa shape index (κ2) is 8.61. The molecule has 5 nitrogen and oxygen atoms in total. The summed E-state index contributed by atoms with van der Waals surface area (Å²) in [6, 6.07) is 15.7. The highest BCUT2D eigenvalue weighted by atomic mass is 32.2. The van der Waals surface area contributed by atoms with Crippen molar-refractivity contribution in [3.05, 3.63) is 60.2 Å². The first-order chi connectivity index (χ1) is 11.5. The topological polar surface area (TPSA) is 78.4 Å². The van der Waals surface area contributed by atoms with E-state index >= 15 is 0 Å². The van der Waals surface area contributed by atoms with E-state index in [-0.39, 0.29) is 12.1 Å². The Morgan fingerprint density at radius 3 is 2.33 bits per heavy atom. The predicted molar refractivity (Wildman–Crippen MR) is 96.4 cm³/mol. The molecular weight excluding hydrogens is 324 g/mol. The van der Waals surface area contributed by atoms with E-state index in [1.165, 1.54) is 0 Å². The number of nitrogens with one attached hydrogen (secondary N) is 2. The second-order valence-corrected chi connectivity index (χ2v) is 7.02. The van der Waals surface area contributed by atoms with Gasteiger partial charge in [0.25, 0.3) is 0 Å². The Morgan fingerprint density at radius 2 is 1.75 bits per heavy atom. The van der Waals surface area contributed by atoms with Crippen LogP contribution in [-0.4, -0.2) is 27.6 Å². The normalized spacial score (nSPS) is 14.5. The number of hydrogen-bond acceptors (Lipinski definition) is 3. The van der Waals surface area contributed by atoms with E-state index in [1.54, 1.807) is 30.5 Å². The zero-order valence-electron chi connectivity index (χ0n) is 13.7. The zero-order chi connectivity index (χ0) is 17.5. The van der Waals surface area contributed by atoms with Crippen LogP contribution in [0.5, 0.6) is 0 Å². The van der Waals surface area contributed by atoms with Crippen LogP contribution in [-0.2, 0) is 10.8 Å². The third-order valence-electron chi connectivity index (χ3n) is 3.58. The Kier molecular flexibility index (Phi) is 6.52. The number of aliphatic hydroxyl groups is 1. The van der Waals surface area contributed by atoms with Gasteiger partial charge in [-0.1, -0.05) is 30.3 Å². The first-order valence-electron chi connectivity index (χ1n) is 7.69. The molecule has 24 heavy (non-hydrogen) atoms. The van der Waals surface area contributed by atoms with Crippen molar-refractivity contribution < 1.29 is 14.1 Å². The van der Waals surface area contributed by atoms with Crippen LogP contribution in [0.3, 0.4) is 0 Å². The van der Waals surface area contributed by atoms with Crippen molar-refractivity contribution in [2.75, 3.05) is 11.6 Å². The maximum absolute atomic E-state index is 12.0. The summed E-state index contributed by atoms with van der Waals surface area (Å²) >= 11 is 0. The molecule has 0 fully saturated rings. The Balaban J connectivity index is 1.84. The van der Waals surface area contributed by atoms with Crippen LogP contribution in [0.2, 0.25) is 0 Å². The summed E-state index contributed by atoms with van der Waals surface area (Å²) in [5, 5.41) is 15.7. The van der Waals surface area contributed by atoms with Crippen molar-refractivity contribution in [2.45, 2.75) is 30.4 Å². The Morgan fingerprint density at radius 1 is 1.12 bits per heavy atom. The predicted octanol–water partition coefficient (Wildman–Crippen LogP) is 3.06. The van der Waals surface area contributed by atoms with Gasteiger partial charge in [0.05, 0.1) is 6.10 Å². The minimum Gasteiger partial charge on any atom is -0.388 e. The third kappa shape index (κ3) is 5.47. The molecule has 2 amide bonds. The van der Waals surface area contributed by atoms with Crippen molar-refractivity contribution >= 4 is 22.5 Å². The molecule has 128 valence electrons. The van der Waals surface area contributed by atoms with E-state index in [4.69, 9.17) is 0 Å². The number of aliphatic hydroxyl groups excluding tert-OH is 1. The van der Waals surface area contributed by atoms with Gasteiger partial charge < -0.3 is 15.7 Å². The van der Waals surface area contributed by atoms with E-state index in [0.717, 1.165) is 5.56 Å². The highest BCUT2D eigenvalue weighted by Gasteiger charge is 2.14. The molecule has 0 aliphatic rings. The van der Waals surface area contributed by atoms with Crippen molar-refractivity contribution in [2.24, 2.45) is 0 Å². The number of hydrogen-bond donors (Lipinski definition) is 3. The van der Waals surface area contributed by atoms with Crippen LogP contribution in [0.15, 0.2) is 59.5 Å². The van der Waals surface area contributed by atoms with E-state index in [1.807, 2.05) is 37.3 Å². The van der Waals surface area contributed by atoms with Crippen LogP contribution in [0.25, 0.3) is 0 Å². The lowest BCUT2D eigenvalue weighted by molar-refractivity contribution is 0.155. The summed E-state index contributed by atoms with van der Waals surface area (Å²) in [5.41, 5.74) is 1.45. The monoisotopic (exact) mass is 346 g/mol. The van der Waals surface area contributed by atoms with Crippen molar-refractivity contribution in [1.29, 1.82) is 0 Å². The highest BCUT2D eigenvalue weighted by molar-refractivity contribution is 7.84. The second-order valence-electron chi connectivity index (χ2n) is 5.64. The van der Waals surface area contributed by atoms with Gasteiger partial charge in [-0.05, 0) is 43.2 Å². The van der Waals surface area contributed by atoms with Crippen LogP contribution >= 0.6 is 0 Å². The molecule has 0 aromatic heterocycles. The number of carbonyl (C=O) groups is 1. The zero-order valence-corrected chi connectivity index (χ0v) is 14.5. The number of urea groups is 1. The molecule has 0 bridgehead atoms. The van der Waals surface area contributed by atoms with Gasteiger partial charge >= 0.3 is 6.03 Å². The van der Waals surface area contributed by atoms with Gasteiger partial charge in [0, 0.05) is 33.7 Å². The number of carbonyl (C=O) groups excluding carboxylic acids is 1. The molecule has 2 rings (SSSR count). The molecule has 0 heterocycles. The quantitative estimate of drug-likeness (QED) is 0.752. The van der Waals surface area contributed by atoms with Gasteiger partial charge in [0.1, 0.15) is 0 Å². The number of rotatable bonds is 6. The first kappa shape index (κ1) is 18.2. The molecule has 2 aromatic carbocycles. The number of amides is 2. The third-order valence-corrected chi connectivity index (χ3v) is 4.52. The Labute approximate surface area is 144 Å². The summed E-state index contributed by atoms with van der Waals surface area (Å²) in [7, 11) is -1.04. The highest BCUT2D eigenvalue weighted by Crippen LogP contribution is 2.18. The lowest BCUT2D eigenvalue weighted by Gasteiger charge is -2.18. The molecular formula is C18H22N2O3S. The van der Waals surface area contributed by atoms with Crippen LogP contribution in [0.1, 0.15) is 25.0 Å². The average Bonchev–Trinajstić information content (AvgIpc) is 2.55. The summed E-state index contributed by atoms with van der Waals surface area (Å²) in [5.74, 6) is 0. The van der Waals surface area contributed by atoms with Gasteiger partial charge in [-0.25, -0.2) is 4.79 Å². The lowest BCUT2D eigenvalue weighted by Crippen LogP contribution is -2.37. The van der Waals surface area contributed by atoms with Crippen LogP contribution < -0.4 is 10.6 Å². The summed E-state index contributed by atoms with van der Waals surface area (Å²) < 4.78 is 11.3. The molecule has 0 unspecified atom stereocenters. The average molecular weight is 346 g/mol. The standard InChI is InChI=1S/C18H22N2O3S/c1-13(12-17(21)14-6-4-3-5-7-14)19-18(22)20-15-8-10-16(11-9-15)24(2)23/h3-11,13,17,21H,12H2,1-2H3,(H2,19,20,22)/t13-,17+,24+/m1/s1. The Hall–Kier alpha value is -2.18. The van der Waals surface area contributed by atoms with Gasteiger partial charge in [-0.2, -0.15) is 0 Å². The maximum Gasteiger partial charge on any atom is 0.319 e. The molecule has 0 radical (unpaired) electrons. The smallest absolute Gasteiger partial charge is 0.319 e. The summed E-state index contributed by atoms with van der Waals surface area (Å²) in [6.07, 6.45) is 1.40. The number of anilines is 1. The summed E-state index contributed by atoms with van der Waals surface area (Å²) in [4.78, 5) is 12.7. The molecule has 6 heteroatoms. The fourth-order valence-corrected chi connectivity index (χ4v) is 2.85. The van der Waals surface area contributed by atoms with Gasteiger partial charge in [-0.3, -0.25) is 4.21 Å². The minimum atomic E-state index is -1.04.